The van der Waals surface area contributed by atoms with E-state index in [-0.39, 0.29) is 5.25 Å². The SMILES string of the molecule is CS(=O)(=O)C1CCC/C1=C\CN. The lowest BCUT2D eigenvalue weighted by molar-refractivity contribution is 0.592. The third kappa shape index (κ3) is 2.08. The summed E-state index contributed by atoms with van der Waals surface area (Å²) in [6.45, 7) is 0.446. The second kappa shape index (κ2) is 3.58. The van der Waals surface area contributed by atoms with E-state index in [1.54, 1.807) is 0 Å². The lowest BCUT2D eigenvalue weighted by Gasteiger charge is -2.08. The summed E-state index contributed by atoms with van der Waals surface area (Å²) < 4.78 is 22.5. The highest BCUT2D eigenvalue weighted by atomic mass is 32.2. The average Bonchev–Trinajstić information content (AvgIpc) is 2.34. The van der Waals surface area contributed by atoms with E-state index in [9.17, 15) is 8.42 Å². The van der Waals surface area contributed by atoms with Gasteiger partial charge in [0.2, 0.25) is 0 Å². The van der Waals surface area contributed by atoms with Crippen LogP contribution in [0.1, 0.15) is 19.3 Å². The topological polar surface area (TPSA) is 60.2 Å². The summed E-state index contributed by atoms with van der Waals surface area (Å²) in [4.78, 5) is 0. The summed E-state index contributed by atoms with van der Waals surface area (Å²) >= 11 is 0. The van der Waals surface area contributed by atoms with Crippen molar-refractivity contribution in [2.45, 2.75) is 24.5 Å². The maximum atomic E-state index is 11.2. The fourth-order valence-electron chi connectivity index (χ4n) is 1.71. The van der Waals surface area contributed by atoms with Gasteiger partial charge >= 0.3 is 0 Å². The predicted molar refractivity (Wildman–Crippen MR) is 49.6 cm³/mol. The van der Waals surface area contributed by atoms with E-state index in [1.807, 2.05) is 6.08 Å². The van der Waals surface area contributed by atoms with Crippen molar-refractivity contribution < 1.29 is 8.42 Å². The van der Waals surface area contributed by atoms with Crippen LogP contribution >= 0.6 is 0 Å². The second-order valence-corrected chi connectivity index (χ2v) is 5.45. The number of hydrogen-bond acceptors (Lipinski definition) is 3. The molecular formula is C8H15NO2S. The second-order valence-electron chi connectivity index (χ2n) is 3.23. The third-order valence-electron chi connectivity index (χ3n) is 2.24. The van der Waals surface area contributed by atoms with Crippen LogP contribution in [-0.2, 0) is 9.84 Å². The lowest BCUT2D eigenvalue weighted by Crippen LogP contribution is -2.18. The van der Waals surface area contributed by atoms with Gasteiger partial charge in [0.25, 0.3) is 0 Å². The molecule has 0 radical (unpaired) electrons. The molecule has 0 aromatic heterocycles. The molecule has 3 nitrogen and oxygen atoms in total. The minimum absolute atomic E-state index is 0.249. The summed E-state index contributed by atoms with van der Waals surface area (Å²) in [5.74, 6) is 0. The molecule has 70 valence electrons. The van der Waals surface area contributed by atoms with E-state index in [4.69, 9.17) is 5.73 Å². The normalized spacial score (nSPS) is 28.2. The Bertz CT molecular complexity index is 279. The van der Waals surface area contributed by atoms with Crippen molar-refractivity contribution in [3.63, 3.8) is 0 Å². The standard InChI is InChI=1S/C8H15NO2S/c1-12(10,11)8-4-2-3-7(8)5-6-9/h5,8H,2-4,6,9H2,1H3/b7-5+. The molecule has 12 heavy (non-hydrogen) atoms. The average molecular weight is 189 g/mol. The van der Waals surface area contributed by atoms with Crippen LogP contribution in [0.5, 0.6) is 0 Å². The largest absolute Gasteiger partial charge is 0.327 e. The van der Waals surface area contributed by atoms with Crippen LogP contribution in [0, 0.1) is 0 Å². The summed E-state index contributed by atoms with van der Waals surface area (Å²) in [5.41, 5.74) is 6.36. The Morgan fingerprint density at radius 3 is 2.83 bits per heavy atom. The smallest absolute Gasteiger partial charge is 0.154 e. The van der Waals surface area contributed by atoms with Crippen molar-refractivity contribution >= 4 is 9.84 Å². The molecule has 0 spiro atoms. The highest BCUT2D eigenvalue weighted by Crippen LogP contribution is 2.29. The molecule has 1 fully saturated rings. The maximum Gasteiger partial charge on any atom is 0.154 e. The molecule has 1 rings (SSSR count). The zero-order chi connectivity index (χ0) is 9.19. The first kappa shape index (κ1) is 9.74. The molecular weight excluding hydrogens is 174 g/mol. The molecule has 0 aromatic rings. The number of nitrogens with two attached hydrogens (primary N) is 1. The van der Waals surface area contributed by atoms with Gasteiger partial charge in [-0.05, 0) is 19.3 Å². The Kier molecular flexibility index (Phi) is 2.90. The van der Waals surface area contributed by atoms with Crippen molar-refractivity contribution in [3.8, 4) is 0 Å². The van der Waals surface area contributed by atoms with Crippen molar-refractivity contribution in [2.24, 2.45) is 5.73 Å². The van der Waals surface area contributed by atoms with Crippen LogP contribution in [0.15, 0.2) is 11.6 Å². The minimum atomic E-state index is -2.90. The summed E-state index contributed by atoms with van der Waals surface area (Å²) in [6, 6.07) is 0. The van der Waals surface area contributed by atoms with Gasteiger partial charge in [-0.3, -0.25) is 0 Å². The molecule has 1 saturated carbocycles. The van der Waals surface area contributed by atoms with E-state index in [2.05, 4.69) is 0 Å². The summed E-state index contributed by atoms with van der Waals surface area (Å²) in [6.07, 6.45) is 5.79. The maximum absolute atomic E-state index is 11.2. The molecule has 2 N–H and O–H groups in total. The van der Waals surface area contributed by atoms with Crippen molar-refractivity contribution in [1.82, 2.24) is 0 Å². The first-order chi connectivity index (χ1) is 5.55. The van der Waals surface area contributed by atoms with Gasteiger partial charge in [0.1, 0.15) is 0 Å². The van der Waals surface area contributed by atoms with E-state index in [0.29, 0.717) is 6.54 Å². The van der Waals surface area contributed by atoms with Crippen LogP contribution in [0.3, 0.4) is 0 Å². The van der Waals surface area contributed by atoms with Gasteiger partial charge in [0, 0.05) is 12.8 Å². The van der Waals surface area contributed by atoms with Crippen LogP contribution in [0.4, 0.5) is 0 Å². The number of rotatable bonds is 2. The quantitative estimate of drug-likeness (QED) is 0.642. The van der Waals surface area contributed by atoms with Gasteiger partial charge in [-0.25, -0.2) is 8.42 Å². The minimum Gasteiger partial charge on any atom is -0.327 e. The Hall–Kier alpha value is -0.350. The van der Waals surface area contributed by atoms with E-state index >= 15 is 0 Å². The van der Waals surface area contributed by atoms with E-state index in [0.717, 1.165) is 24.8 Å². The molecule has 4 heteroatoms. The monoisotopic (exact) mass is 189 g/mol. The molecule has 0 saturated heterocycles. The fraction of sp³-hybridized carbons (Fsp3) is 0.750. The first-order valence-corrected chi connectivity index (χ1v) is 6.09. The third-order valence-corrected chi connectivity index (χ3v) is 3.81. The Morgan fingerprint density at radius 2 is 2.33 bits per heavy atom. The molecule has 0 aromatic carbocycles. The molecule has 0 bridgehead atoms. The molecule has 1 unspecified atom stereocenters. The zero-order valence-electron chi connectivity index (χ0n) is 7.29. The molecule has 1 atom stereocenters. The highest BCUT2D eigenvalue weighted by Gasteiger charge is 2.28. The Labute approximate surface area is 73.6 Å². The summed E-state index contributed by atoms with van der Waals surface area (Å²) in [5, 5.41) is -0.249. The zero-order valence-corrected chi connectivity index (χ0v) is 8.10. The van der Waals surface area contributed by atoms with E-state index in [1.165, 1.54) is 6.26 Å². The van der Waals surface area contributed by atoms with Gasteiger partial charge < -0.3 is 5.73 Å². The van der Waals surface area contributed by atoms with Gasteiger partial charge in [-0.15, -0.1) is 0 Å². The van der Waals surface area contributed by atoms with Gasteiger partial charge in [0.05, 0.1) is 5.25 Å². The van der Waals surface area contributed by atoms with Crippen LogP contribution < -0.4 is 5.73 Å². The van der Waals surface area contributed by atoms with Gasteiger partial charge in [0.15, 0.2) is 9.84 Å². The van der Waals surface area contributed by atoms with Crippen LogP contribution in [0.2, 0.25) is 0 Å². The molecule has 1 aliphatic carbocycles. The molecule has 0 heterocycles. The number of sulfone groups is 1. The van der Waals surface area contributed by atoms with Crippen molar-refractivity contribution in [3.05, 3.63) is 11.6 Å². The predicted octanol–water partition coefficient (Wildman–Crippen LogP) is 0.469. The molecule has 0 amide bonds. The van der Waals surface area contributed by atoms with E-state index < -0.39 is 9.84 Å². The number of hydrogen-bond donors (Lipinski definition) is 1. The lowest BCUT2D eigenvalue weighted by atomic mass is 10.2. The van der Waals surface area contributed by atoms with Crippen molar-refractivity contribution in [2.75, 3.05) is 12.8 Å². The highest BCUT2D eigenvalue weighted by molar-refractivity contribution is 7.91. The van der Waals surface area contributed by atoms with Crippen LogP contribution in [-0.4, -0.2) is 26.5 Å². The fourth-order valence-corrected chi connectivity index (χ4v) is 3.07. The summed E-state index contributed by atoms with van der Waals surface area (Å²) in [7, 11) is -2.90. The molecule has 0 aliphatic heterocycles. The Morgan fingerprint density at radius 1 is 1.67 bits per heavy atom. The van der Waals surface area contributed by atoms with Crippen molar-refractivity contribution in [1.29, 1.82) is 0 Å². The Balaban J connectivity index is 2.85. The van der Waals surface area contributed by atoms with Crippen LogP contribution in [0.25, 0.3) is 0 Å². The van der Waals surface area contributed by atoms with Gasteiger partial charge in [-0.1, -0.05) is 11.6 Å². The van der Waals surface area contributed by atoms with Gasteiger partial charge in [-0.2, -0.15) is 0 Å². The molecule has 1 aliphatic rings. The first-order valence-electron chi connectivity index (χ1n) is 4.13.